The molecule has 0 aliphatic rings. The Morgan fingerprint density at radius 1 is 1.24 bits per heavy atom. The largest absolute Gasteiger partial charge is 0.488 e. The van der Waals surface area contributed by atoms with Gasteiger partial charge >= 0.3 is 0 Å². The van der Waals surface area contributed by atoms with Crippen molar-refractivity contribution in [3.63, 3.8) is 0 Å². The third-order valence-electron chi connectivity index (χ3n) is 3.14. The summed E-state index contributed by atoms with van der Waals surface area (Å²) in [6, 6.07) is 9.85. The predicted molar refractivity (Wildman–Crippen MR) is 79.2 cm³/mol. The number of ether oxygens (including phenoxy) is 1. The Morgan fingerprint density at radius 3 is 2.48 bits per heavy atom. The molecule has 0 saturated heterocycles. The van der Waals surface area contributed by atoms with Crippen molar-refractivity contribution in [3.8, 4) is 5.75 Å². The van der Waals surface area contributed by atoms with E-state index >= 15 is 0 Å². The lowest BCUT2D eigenvalue weighted by Gasteiger charge is -2.14. The molecule has 0 fully saturated rings. The van der Waals surface area contributed by atoms with Gasteiger partial charge in [0.2, 0.25) is 0 Å². The number of halogens is 1. The lowest BCUT2D eigenvalue weighted by atomic mass is 10.1. The van der Waals surface area contributed by atoms with E-state index in [9.17, 15) is 4.39 Å². The van der Waals surface area contributed by atoms with Crippen molar-refractivity contribution >= 4 is 5.84 Å². The number of amidine groups is 1. The molecule has 2 aromatic carbocycles. The first kappa shape index (κ1) is 14.8. The van der Waals surface area contributed by atoms with Crippen LogP contribution in [0.2, 0.25) is 0 Å². The Balaban J connectivity index is 2.21. The fraction of sp³-hybridized carbons (Fsp3) is 0.188. The Hall–Kier alpha value is -2.56. The van der Waals surface area contributed by atoms with Gasteiger partial charge in [-0.3, -0.25) is 0 Å². The normalized spacial score (nSPS) is 11.5. The molecule has 0 aliphatic heterocycles. The Kier molecular flexibility index (Phi) is 4.42. The molecule has 0 heterocycles. The fourth-order valence-corrected chi connectivity index (χ4v) is 2.17. The van der Waals surface area contributed by atoms with Crippen LogP contribution in [0, 0.1) is 19.7 Å². The maximum Gasteiger partial charge on any atom is 0.170 e. The van der Waals surface area contributed by atoms with E-state index in [-0.39, 0.29) is 18.3 Å². The number of nitrogens with two attached hydrogens (primary N) is 1. The van der Waals surface area contributed by atoms with Gasteiger partial charge in [0.15, 0.2) is 5.84 Å². The van der Waals surface area contributed by atoms with Crippen molar-refractivity contribution in [2.24, 2.45) is 10.9 Å². The third kappa shape index (κ3) is 3.51. The molecule has 0 bridgehead atoms. The molecular weight excluding hydrogens is 271 g/mol. The maximum atomic E-state index is 13.1. The van der Waals surface area contributed by atoms with Crippen LogP contribution in [0.3, 0.4) is 0 Å². The van der Waals surface area contributed by atoms with Gasteiger partial charge in [-0.05, 0) is 54.8 Å². The van der Waals surface area contributed by atoms with Crippen molar-refractivity contribution in [2.45, 2.75) is 20.5 Å². The van der Waals surface area contributed by atoms with Crippen LogP contribution >= 0.6 is 0 Å². The van der Waals surface area contributed by atoms with Gasteiger partial charge in [-0.25, -0.2) is 4.39 Å². The minimum Gasteiger partial charge on any atom is -0.488 e. The van der Waals surface area contributed by atoms with Crippen LogP contribution in [-0.4, -0.2) is 11.0 Å². The van der Waals surface area contributed by atoms with Gasteiger partial charge in [-0.15, -0.1) is 0 Å². The molecular formula is C16H17FN2O2. The number of rotatable bonds is 4. The molecule has 5 heteroatoms. The molecule has 0 radical (unpaired) electrons. The molecule has 2 aromatic rings. The molecule has 21 heavy (non-hydrogen) atoms. The minimum absolute atomic E-state index is 0.0536. The molecule has 3 N–H and O–H groups in total. The average molecular weight is 288 g/mol. The van der Waals surface area contributed by atoms with Crippen LogP contribution in [0.15, 0.2) is 41.6 Å². The molecule has 0 amide bonds. The molecule has 0 spiro atoms. The molecule has 0 unspecified atom stereocenters. The van der Waals surface area contributed by atoms with Gasteiger partial charge in [-0.1, -0.05) is 17.3 Å². The summed E-state index contributed by atoms with van der Waals surface area (Å²) in [6.07, 6.45) is 0. The maximum absolute atomic E-state index is 13.1. The highest BCUT2D eigenvalue weighted by Gasteiger charge is 2.09. The molecule has 2 rings (SSSR count). The van der Waals surface area contributed by atoms with Crippen molar-refractivity contribution < 1.29 is 14.3 Å². The lowest BCUT2D eigenvalue weighted by Crippen LogP contribution is -2.14. The van der Waals surface area contributed by atoms with E-state index in [2.05, 4.69) is 5.16 Å². The number of hydrogen-bond donors (Lipinski definition) is 2. The Morgan fingerprint density at radius 2 is 1.90 bits per heavy atom. The van der Waals surface area contributed by atoms with E-state index in [1.807, 2.05) is 13.8 Å². The summed E-state index contributed by atoms with van der Waals surface area (Å²) in [6.45, 7) is 4.03. The molecule has 110 valence electrons. The second-order valence-corrected chi connectivity index (χ2v) is 4.84. The van der Waals surface area contributed by atoms with Crippen LogP contribution in [0.4, 0.5) is 4.39 Å². The summed E-state index contributed by atoms with van der Waals surface area (Å²) in [5.74, 6) is 0.485. The topological polar surface area (TPSA) is 67.8 Å². The molecule has 0 aromatic heterocycles. The summed E-state index contributed by atoms with van der Waals surface area (Å²) in [5, 5.41) is 11.7. The van der Waals surface area contributed by atoms with Crippen molar-refractivity contribution in [3.05, 3.63) is 64.5 Å². The SMILES string of the molecule is Cc1cc(/C(N)=N/O)cc(C)c1OCc1cccc(F)c1. The highest BCUT2D eigenvalue weighted by atomic mass is 19.1. The second kappa shape index (κ2) is 6.26. The first-order valence-corrected chi connectivity index (χ1v) is 6.47. The summed E-state index contributed by atoms with van der Waals surface area (Å²) < 4.78 is 18.9. The second-order valence-electron chi connectivity index (χ2n) is 4.84. The first-order valence-electron chi connectivity index (χ1n) is 6.47. The Labute approximate surface area is 122 Å². The lowest BCUT2D eigenvalue weighted by molar-refractivity contribution is 0.301. The highest BCUT2D eigenvalue weighted by Crippen LogP contribution is 2.25. The zero-order valence-electron chi connectivity index (χ0n) is 11.9. The zero-order chi connectivity index (χ0) is 15.4. The van der Waals surface area contributed by atoms with E-state index in [1.165, 1.54) is 12.1 Å². The van der Waals surface area contributed by atoms with Gasteiger partial charge in [-0.2, -0.15) is 0 Å². The quantitative estimate of drug-likeness (QED) is 0.393. The van der Waals surface area contributed by atoms with Gasteiger partial charge < -0.3 is 15.7 Å². The highest BCUT2D eigenvalue weighted by molar-refractivity contribution is 5.97. The van der Waals surface area contributed by atoms with Gasteiger partial charge in [0.1, 0.15) is 18.2 Å². The van der Waals surface area contributed by atoms with E-state index in [4.69, 9.17) is 15.7 Å². The Bertz CT molecular complexity index is 661. The number of hydrogen-bond acceptors (Lipinski definition) is 3. The number of benzene rings is 2. The first-order chi connectivity index (χ1) is 10.0. The zero-order valence-corrected chi connectivity index (χ0v) is 11.9. The molecule has 0 atom stereocenters. The van der Waals surface area contributed by atoms with E-state index in [0.29, 0.717) is 11.3 Å². The van der Waals surface area contributed by atoms with Crippen LogP contribution in [0.25, 0.3) is 0 Å². The standard InChI is InChI=1S/C16H17FN2O2/c1-10-6-13(16(18)19-20)7-11(2)15(10)21-9-12-4-3-5-14(17)8-12/h3-8,20H,9H2,1-2H3,(H2,18,19). The monoisotopic (exact) mass is 288 g/mol. The summed E-state index contributed by atoms with van der Waals surface area (Å²) in [4.78, 5) is 0. The van der Waals surface area contributed by atoms with Crippen molar-refractivity contribution in [2.75, 3.05) is 0 Å². The van der Waals surface area contributed by atoms with E-state index in [1.54, 1.807) is 24.3 Å². The van der Waals surface area contributed by atoms with Crippen LogP contribution < -0.4 is 10.5 Å². The van der Waals surface area contributed by atoms with Crippen LogP contribution in [-0.2, 0) is 6.61 Å². The van der Waals surface area contributed by atoms with Gasteiger partial charge in [0.25, 0.3) is 0 Å². The van der Waals surface area contributed by atoms with E-state index in [0.717, 1.165) is 16.7 Å². The van der Waals surface area contributed by atoms with Gasteiger partial charge in [0, 0.05) is 5.56 Å². The minimum atomic E-state index is -0.285. The molecule has 0 aliphatic carbocycles. The number of oxime groups is 1. The summed E-state index contributed by atoms with van der Waals surface area (Å²) in [5.41, 5.74) is 8.71. The number of aryl methyl sites for hydroxylation is 2. The molecule has 4 nitrogen and oxygen atoms in total. The van der Waals surface area contributed by atoms with Crippen molar-refractivity contribution in [1.29, 1.82) is 0 Å². The van der Waals surface area contributed by atoms with E-state index < -0.39 is 0 Å². The van der Waals surface area contributed by atoms with Gasteiger partial charge in [0.05, 0.1) is 0 Å². The predicted octanol–water partition coefficient (Wildman–Crippen LogP) is 3.12. The third-order valence-corrected chi connectivity index (χ3v) is 3.14. The number of nitrogens with zero attached hydrogens (tertiary/aromatic N) is 1. The summed E-state index contributed by atoms with van der Waals surface area (Å²) >= 11 is 0. The smallest absolute Gasteiger partial charge is 0.170 e. The average Bonchev–Trinajstić information content (AvgIpc) is 2.45. The fourth-order valence-electron chi connectivity index (χ4n) is 2.17. The summed E-state index contributed by atoms with van der Waals surface area (Å²) in [7, 11) is 0. The van der Waals surface area contributed by atoms with Crippen LogP contribution in [0.5, 0.6) is 5.75 Å². The van der Waals surface area contributed by atoms with Crippen LogP contribution in [0.1, 0.15) is 22.3 Å². The van der Waals surface area contributed by atoms with Crippen molar-refractivity contribution in [1.82, 2.24) is 0 Å². The molecule has 0 saturated carbocycles.